The summed E-state index contributed by atoms with van der Waals surface area (Å²) in [7, 11) is 0. The number of amides is 1. The maximum Gasteiger partial charge on any atom is 0.252 e. The van der Waals surface area contributed by atoms with Gasteiger partial charge in [-0.15, -0.1) is 15.3 Å². The highest BCUT2D eigenvalue weighted by molar-refractivity contribution is 7.08. The van der Waals surface area contributed by atoms with E-state index in [0.29, 0.717) is 41.0 Å². The molecule has 1 amide bonds. The molecule has 3 heterocycles. The Morgan fingerprint density at radius 1 is 1.11 bits per heavy atom. The predicted octanol–water partition coefficient (Wildman–Crippen LogP) is 3.35. The molecule has 0 aliphatic carbocycles. The van der Waals surface area contributed by atoms with Gasteiger partial charge in [0.05, 0.1) is 10.6 Å². The van der Waals surface area contributed by atoms with Gasteiger partial charge in [0.1, 0.15) is 5.82 Å². The number of aromatic nitrogens is 4. The van der Waals surface area contributed by atoms with Gasteiger partial charge in [0.25, 0.3) is 5.91 Å². The number of rotatable bonds is 6. The zero-order valence-corrected chi connectivity index (χ0v) is 15.7. The number of benzene rings is 1. The van der Waals surface area contributed by atoms with Crippen LogP contribution in [0.25, 0.3) is 17.0 Å². The van der Waals surface area contributed by atoms with Gasteiger partial charge >= 0.3 is 0 Å². The van der Waals surface area contributed by atoms with E-state index in [1.54, 1.807) is 40.1 Å². The number of carbonyl (C=O) groups is 1. The second-order valence-corrected chi connectivity index (χ2v) is 6.87. The minimum Gasteiger partial charge on any atom is -0.367 e. The molecular weight excluding hydrogens is 384 g/mol. The Hall–Kier alpha value is -2.97. The lowest BCUT2D eigenvalue weighted by Gasteiger charge is -2.08. The third-order valence-corrected chi connectivity index (χ3v) is 4.89. The van der Waals surface area contributed by atoms with Crippen LogP contribution in [0.2, 0.25) is 5.02 Å². The minimum absolute atomic E-state index is 0.204. The maximum atomic E-state index is 12.1. The number of nitrogens with one attached hydrogen (secondary N) is 2. The summed E-state index contributed by atoms with van der Waals surface area (Å²) in [4.78, 5) is 12.1. The Morgan fingerprint density at radius 3 is 2.81 bits per heavy atom. The first-order valence-electron chi connectivity index (χ1n) is 8.24. The first kappa shape index (κ1) is 17.4. The molecule has 0 atom stereocenters. The third kappa shape index (κ3) is 3.76. The van der Waals surface area contributed by atoms with Gasteiger partial charge in [-0.05, 0) is 35.7 Å². The number of hydrogen-bond acceptors (Lipinski definition) is 6. The molecule has 4 aromatic rings. The molecule has 7 nitrogen and oxygen atoms in total. The van der Waals surface area contributed by atoms with E-state index in [4.69, 9.17) is 11.6 Å². The molecule has 27 heavy (non-hydrogen) atoms. The van der Waals surface area contributed by atoms with Crippen molar-refractivity contribution in [2.24, 2.45) is 0 Å². The molecule has 0 aliphatic rings. The molecule has 2 N–H and O–H groups in total. The van der Waals surface area contributed by atoms with E-state index in [9.17, 15) is 4.79 Å². The van der Waals surface area contributed by atoms with E-state index >= 15 is 0 Å². The van der Waals surface area contributed by atoms with E-state index in [1.165, 1.54) is 0 Å². The summed E-state index contributed by atoms with van der Waals surface area (Å²) < 4.78 is 1.70. The summed E-state index contributed by atoms with van der Waals surface area (Å²) in [5.41, 5.74) is 2.11. The second kappa shape index (κ2) is 7.73. The standard InChI is InChI=1S/C18H15ClN6OS/c19-14-4-2-1-3-13(14)18(26)21-9-8-20-15-5-6-16-22-23-17(25(16)24-15)12-7-10-27-11-12/h1-7,10-11H,8-9H2,(H,20,24)(H,21,26). The molecule has 0 spiro atoms. The van der Waals surface area contributed by atoms with Crippen molar-refractivity contribution in [2.75, 3.05) is 18.4 Å². The van der Waals surface area contributed by atoms with Crippen LogP contribution in [0.15, 0.2) is 53.2 Å². The van der Waals surface area contributed by atoms with Crippen LogP contribution in [-0.4, -0.2) is 38.8 Å². The third-order valence-electron chi connectivity index (χ3n) is 3.88. The van der Waals surface area contributed by atoms with E-state index in [1.807, 2.05) is 29.0 Å². The monoisotopic (exact) mass is 398 g/mol. The normalized spacial score (nSPS) is 10.9. The van der Waals surface area contributed by atoms with Crippen LogP contribution in [0.5, 0.6) is 0 Å². The van der Waals surface area contributed by atoms with Gasteiger partial charge in [0.15, 0.2) is 11.5 Å². The molecule has 0 saturated heterocycles. The van der Waals surface area contributed by atoms with Crippen molar-refractivity contribution in [3.05, 3.63) is 63.8 Å². The molecule has 0 saturated carbocycles. The lowest BCUT2D eigenvalue weighted by Crippen LogP contribution is -2.29. The molecule has 1 aromatic carbocycles. The fourth-order valence-electron chi connectivity index (χ4n) is 2.56. The molecule has 0 bridgehead atoms. The number of nitrogens with zero attached hydrogens (tertiary/aromatic N) is 4. The smallest absolute Gasteiger partial charge is 0.252 e. The van der Waals surface area contributed by atoms with Gasteiger partial charge in [-0.25, -0.2) is 0 Å². The highest BCUT2D eigenvalue weighted by atomic mass is 35.5. The van der Waals surface area contributed by atoms with E-state index in [0.717, 1.165) is 5.56 Å². The topological polar surface area (TPSA) is 84.2 Å². The molecule has 0 aliphatic heterocycles. The number of thiophene rings is 1. The second-order valence-electron chi connectivity index (χ2n) is 5.69. The van der Waals surface area contributed by atoms with Crippen molar-refractivity contribution in [3.63, 3.8) is 0 Å². The zero-order chi connectivity index (χ0) is 18.6. The molecule has 3 aromatic heterocycles. The lowest BCUT2D eigenvalue weighted by atomic mass is 10.2. The maximum absolute atomic E-state index is 12.1. The van der Waals surface area contributed by atoms with Crippen LogP contribution in [0.4, 0.5) is 5.82 Å². The Morgan fingerprint density at radius 2 is 2.00 bits per heavy atom. The number of carbonyl (C=O) groups excluding carboxylic acids is 1. The Balaban J connectivity index is 1.39. The summed E-state index contributed by atoms with van der Waals surface area (Å²) in [5.74, 6) is 1.16. The molecule has 4 rings (SSSR count). The van der Waals surface area contributed by atoms with E-state index < -0.39 is 0 Å². The lowest BCUT2D eigenvalue weighted by molar-refractivity contribution is 0.0955. The van der Waals surface area contributed by atoms with Gasteiger partial charge < -0.3 is 10.6 Å². The largest absolute Gasteiger partial charge is 0.367 e. The zero-order valence-electron chi connectivity index (χ0n) is 14.1. The molecule has 0 fully saturated rings. The molecule has 9 heteroatoms. The highest BCUT2D eigenvalue weighted by Crippen LogP contribution is 2.20. The average molecular weight is 399 g/mol. The van der Waals surface area contributed by atoms with Crippen LogP contribution in [0, 0.1) is 0 Å². The Bertz CT molecular complexity index is 1080. The summed E-state index contributed by atoms with van der Waals surface area (Å²) in [6.07, 6.45) is 0. The number of halogens is 1. The molecular formula is C18H15ClN6OS. The van der Waals surface area contributed by atoms with E-state index in [2.05, 4.69) is 25.9 Å². The van der Waals surface area contributed by atoms with Gasteiger partial charge in [-0.2, -0.15) is 15.9 Å². The first-order valence-corrected chi connectivity index (χ1v) is 9.56. The van der Waals surface area contributed by atoms with Crippen molar-refractivity contribution in [1.82, 2.24) is 25.1 Å². The van der Waals surface area contributed by atoms with Gasteiger partial charge in [-0.1, -0.05) is 23.7 Å². The summed E-state index contributed by atoms with van der Waals surface area (Å²) >= 11 is 7.62. The SMILES string of the molecule is O=C(NCCNc1ccc2nnc(-c3ccsc3)n2n1)c1ccccc1Cl. The summed E-state index contributed by atoms with van der Waals surface area (Å²) in [5, 5.41) is 23.3. The van der Waals surface area contributed by atoms with Gasteiger partial charge in [-0.3, -0.25) is 4.79 Å². The summed E-state index contributed by atoms with van der Waals surface area (Å²) in [6.45, 7) is 0.952. The number of hydrogen-bond donors (Lipinski definition) is 2. The summed E-state index contributed by atoms with van der Waals surface area (Å²) in [6, 6.07) is 12.6. The van der Waals surface area contributed by atoms with Crippen molar-refractivity contribution in [2.45, 2.75) is 0 Å². The highest BCUT2D eigenvalue weighted by Gasteiger charge is 2.11. The quantitative estimate of drug-likeness (QED) is 0.486. The molecule has 0 radical (unpaired) electrons. The predicted molar refractivity (Wildman–Crippen MR) is 106 cm³/mol. The van der Waals surface area contributed by atoms with Crippen LogP contribution in [-0.2, 0) is 0 Å². The number of anilines is 1. The van der Waals surface area contributed by atoms with Crippen molar-refractivity contribution >= 4 is 40.3 Å². The molecule has 0 unspecified atom stereocenters. The number of fused-ring (bicyclic) bond motifs is 1. The Labute approximate surface area is 164 Å². The van der Waals surface area contributed by atoms with Crippen LogP contribution >= 0.6 is 22.9 Å². The minimum atomic E-state index is -0.204. The van der Waals surface area contributed by atoms with Crippen LogP contribution in [0.1, 0.15) is 10.4 Å². The fraction of sp³-hybridized carbons (Fsp3) is 0.111. The van der Waals surface area contributed by atoms with Gasteiger partial charge in [0, 0.05) is 24.0 Å². The van der Waals surface area contributed by atoms with Crippen LogP contribution in [0.3, 0.4) is 0 Å². The van der Waals surface area contributed by atoms with E-state index in [-0.39, 0.29) is 5.91 Å². The fourth-order valence-corrected chi connectivity index (χ4v) is 3.42. The van der Waals surface area contributed by atoms with Crippen molar-refractivity contribution in [3.8, 4) is 11.4 Å². The van der Waals surface area contributed by atoms with Crippen molar-refractivity contribution < 1.29 is 4.79 Å². The Kier molecular flexibility index (Phi) is 4.99. The average Bonchev–Trinajstić information content (AvgIpc) is 3.34. The first-order chi connectivity index (χ1) is 13.2. The van der Waals surface area contributed by atoms with Crippen molar-refractivity contribution in [1.29, 1.82) is 0 Å². The van der Waals surface area contributed by atoms with Crippen LogP contribution < -0.4 is 10.6 Å². The van der Waals surface area contributed by atoms with Gasteiger partial charge in [0.2, 0.25) is 0 Å². The molecule has 136 valence electrons.